The van der Waals surface area contributed by atoms with E-state index >= 15 is 0 Å². The van der Waals surface area contributed by atoms with Gasteiger partial charge in [-0.15, -0.1) is 0 Å². The third kappa shape index (κ3) is 5.85. The van der Waals surface area contributed by atoms with Crippen LogP contribution in [0.2, 0.25) is 0 Å². The molecule has 3 aromatic rings. The zero-order chi connectivity index (χ0) is 24.0. The van der Waals surface area contributed by atoms with Gasteiger partial charge < -0.3 is 29.5 Å². The minimum atomic E-state index is -0.773. The summed E-state index contributed by atoms with van der Waals surface area (Å²) in [5, 5.41) is 10.3. The van der Waals surface area contributed by atoms with Crippen molar-refractivity contribution < 1.29 is 28.5 Å². The molecule has 8 nitrogen and oxygen atoms in total. The van der Waals surface area contributed by atoms with E-state index in [1.165, 1.54) is 13.2 Å². The minimum Gasteiger partial charge on any atom is -0.502 e. The van der Waals surface area contributed by atoms with E-state index < -0.39 is 23.0 Å². The molecular weight excluding hydrogens is 426 g/mol. The molecular formula is C25H27NO7. The molecule has 0 spiro atoms. The molecule has 1 heterocycles. The molecule has 8 heteroatoms. The number of ether oxygens (including phenoxy) is 3. The summed E-state index contributed by atoms with van der Waals surface area (Å²) in [4.78, 5) is 23.9. The molecule has 2 aromatic carbocycles. The molecule has 0 saturated heterocycles. The maximum atomic E-state index is 12.1. The Labute approximate surface area is 191 Å². The van der Waals surface area contributed by atoms with Crippen LogP contribution in [0.4, 0.5) is 0 Å². The molecule has 3 N–H and O–H groups in total. The molecule has 0 aliphatic carbocycles. The molecule has 1 aromatic heterocycles. The van der Waals surface area contributed by atoms with E-state index in [4.69, 9.17) is 24.4 Å². The SMILES string of the molecule is COc1ccc(CCOc2cc([C@H](CC(N)=O)c3oc(C)cc(=O)c3O)ccc2OC)cc1. The van der Waals surface area contributed by atoms with E-state index in [1.807, 2.05) is 24.3 Å². The van der Waals surface area contributed by atoms with Crippen molar-refractivity contribution in [1.29, 1.82) is 0 Å². The summed E-state index contributed by atoms with van der Waals surface area (Å²) in [6.07, 6.45) is 0.479. The van der Waals surface area contributed by atoms with Crippen molar-refractivity contribution in [2.45, 2.75) is 25.7 Å². The Morgan fingerprint density at radius 1 is 1.06 bits per heavy atom. The Morgan fingerprint density at radius 2 is 1.79 bits per heavy atom. The largest absolute Gasteiger partial charge is 0.502 e. The number of aryl methyl sites for hydroxylation is 1. The minimum absolute atomic E-state index is 0.0202. The third-order valence-corrected chi connectivity index (χ3v) is 5.19. The van der Waals surface area contributed by atoms with Crippen molar-refractivity contribution in [3.63, 3.8) is 0 Å². The second-order valence-electron chi connectivity index (χ2n) is 7.51. The molecule has 0 saturated carbocycles. The van der Waals surface area contributed by atoms with Gasteiger partial charge in [-0.2, -0.15) is 0 Å². The van der Waals surface area contributed by atoms with Crippen LogP contribution in [0, 0.1) is 6.92 Å². The second kappa shape index (κ2) is 10.6. The first kappa shape index (κ1) is 23.7. The molecule has 33 heavy (non-hydrogen) atoms. The number of nitrogens with two attached hydrogens (primary N) is 1. The molecule has 1 atom stereocenters. The summed E-state index contributed by atoms with van der Waals surface area (Å²) in [6.45, 7) is 1.96. The number of primary amides is 1. The average Bonchev–Trinajstić information content (AvgIpc) is 2.80. The molecule has 0 fully saturated rings. The van der Waals surface area contributed by atoms with Gasteiger partial charge in [0.15, 0.2) is 17.3 Å². The Balaban J connectivity index is 1.89. The van der Waals surface area contributed by atoms with Crippen LogP contribution in [0.5, 0.6) is 23.0 Å². The number of carbonyl (C=O) groups excluding carboxylic acids is 1. The van der Waals surface area contributed by atoms with E-state index in [0.717, 1.165) is 11.3 Å². The van der Waals surface area contributed by atoms with Crippen LogP contribution in [0.1, 0.15) is 35.0 Å². The first-order chi connectivity index (χ1) is 15.8. The van der Waals surface area contributed by atoms with Crippen LogP contribution in [0.3, 0.4) is 0 Å². The molecule has 0 unspecified atom stereocenters. The van der Waals surface area contributed by atoms with Gasteiger partial charge in [0, 0.05) is 18.9 Å². The topological polar surface area (TPSA) is 121 Å². The molecule has 1 amide bonds. The summed E-state index contributed by atoms with van der Waals surface area (Å²) < 4.78 is 22.2. The predicted octanol–water partition coefficient (Wildman–Crippen LogP) is 3.30. The van der Waals surface area contributed by atoms with Crippen molar-refractivity contribution in [3.8, 4) is 23.0 Å². The lowest BCUT2D eigenvalue weighted by molar-refractivity contribution is -0.118. The number of hydrogen-bond donors (Lipinski definition) is 2. The Kier molecular flexibility index (Phi) is 7.61. The molecule has 0 aliphatic rings. The van der Waals surface area contributed by atoms with Crippen LogP contribution < -0.4 is 25.4 Å². The molecule has 0 bridgehead atoms. The maximum Gasteiger partial charge on any atom is 0.227 e. The van der Waals surface area contributed by atoms with Crippen LogP contribution in [-0.2, 0) is 11.2 Å². The summed E-state index contributed by atoms with van der Waals surface area (Å²) in [6, 6.07) is 14.0. The monoisotopic (exact) mass is 453 g/mol. The predicted molar refractivity (Wildman–Crippen MR) is 122 cm³/mol. The zero-order valence-corrected chi connectivity index (χ0v) is 18.8. The summed E-state index contributed by atoms with van der Waals surface area (Å²) in [7, 11) is 3.14. The normalized spacial score (nSPS) is 11.6. The Bertz CT molecular complexity index is 1170. The van der Waals surface area contributed by atoms with Gasteiger partial charge in [-0.25, -0.2) is 0 Å². The van der Waals surface area contributed by atoms with Crippen molar-refractivity contribution in [1.82, 2.24) is 0 Å². The fraction of sp³-hybridized carbons (Fsp3) is 0.280. The quantitative estimate of drug-likeness (QED) is 0.483. The number of amides is 1. The Morgan fingerprint density at radius 3 is 2.42 bits per heavy atom. The first-order valence-electron chi connectivity index (χ1n) is 10.4. The highest BCUT2D eigenvalue weighted by molar-refractivity contribution is 5.75. The van der Waals surface area contributed by atoms with Gasteiger partial charge in [0.2, 0.25) is 17.1 Å². The highest BCUT2D eigenvalue weighted by Gasteiger charge is 2.26. The summed E-state index contributed by atoms with van der Waals surface area (Å²) >= 11 is 0. The number of hydrogen-bond acceptors (Lipinski definition) is 7. The number of carbonyl (C=O) groups is 1. The van der Waals surface area contributed by atoms with Gasteiger partial charge >= 0.3 is 0 Å². The van der Waals surface area contributed by atoms with Crippen molar-refractivity contribution in [2.24, 2.45) is 5.73 Å². The number of rotatable bonds is 10. The van der Waals surface area contributed by atoms with Crippen LogP contribution in [0.15, 0.2) is 57.7 Å². The van der Waals surface area contributed by atoms with E-state index in [2.05, 4.69) is 0 Å². The molecule has 174 valence electrons. The fourth-order valence-electron chi connectivity index (χ4n) is 3.52. The lowest BCUT2D eigenvalue weighted by Crippen LogP contribution is -2.18. The van der Waals surface area contributed by atoms with Crippen LogP contribution in [-0.4, -0.2) is 31.8 Å². The highest BCUT2D eigenvalue weighted by Crippen LogP contribution is 2.37. The number of methoxy groups -OCH3 is 2. The Hall–Kier alpha value is -3.94. The van der Waals surface area contributed by atoms with Gasteiger partial charge in [-0.05, 0) is 42.3 Å². The maximum absolute atomic E-state index is 12.1. The fourth-order valence-corrected chi connectivity index (χ4v) is 3.52. The van der Waals surface area contributed by atoms with Gasteiger partial charge in [0.25, 0.3) is 0 Å². The average molecular weight is 453 g/mol. The zero-order valence-electron chi connectivity index (χ0n) is 18.8. The van der Waals surface area contributed by atoms with Gasteiger partial charge in [-0.3, -0.25) is 9.59 Å². The smallest absolute Gasteiger partial charge is 0.227 e. The lowest BCUT2D eigenvalue weighted by atomic mass is 9.91. The summed E-state index contributed by atoms with van der Waals surface area (Å²) in [5.41, 5.74) is 6.51. The van der Waals surface area contributed by atoms with E-state index in [-0.39, 0.29) is 12.2 Å². The van der Waals surface area contributed by atoms with Crippen molar-refractivity contribution in [3.05, 3.63) is 81.4 Å². The second-order valence-corrected chi connectivity index (χ2v) is 7.51. The lowest BCUT2D eigenvalue weighted by Gasteiger charge is -2.19. The molecule has 3 rings (SSSR count). The number of benzene rings is 2. The van der Waals surface area contributed by atoms with Gasteiger partial charge in [-0.1, -0.05) is 18.2 Å². The standard InChI is InChI=1S/C25H27NO7/c1-15-12-20(27)24(29)25(33-15)19(14-23(26)28)17-6-9-21(31-3)22(13-17)32-11-10-16-4-7-18(30-2)8-5-16/h4-9,12-13,19,29H,10-11,14H2,1-3H3,(H2,26,28)/t19-/m0/s1. The van der Waals surface area contributed by atoms with Crippen molar-refractivity contribution >= 4 is 5.91 Å². The number of aromatic hydroxyl groups is 1. The van der Waals surface area contributed by atoms with Gasteiger partial charge in [0.05, 0.1) is 26.7 Å². The van der Waals surface area contributed by atoms with E-state index in [9.17, 15) is 14.7 Å². The first-order valence-corrected chi connectivity index (χ1v) is 10.4. The van der Waals surface area contributed by atoms with Crippen LogP contribution >= 0.6 is 0 Å². The highest BCUT2D eigenvalue weighted by atomic mass is 16.5. The molecule has 0 radical (unpaired) electrons. The summed E-state index contributed by atoms with van der Waals surface area (Å²) in [5.74, 6) is 0.0881. The molecule has 0 aliphatic heterocycles. The third-order valence-electron chi connectivity index (χ3n) is 5.19. The van der Waals surface area contributed by atoms with Gasteiger partial charge in [0.1, 0.15) is 11.5 Å². The van der Waals surface area contributed by atoms with Crippen molar-refractivity contribution in [2.75, 3.05) is 20.8 Å². The van der Waals surface area contributed by atoms with E-state index in [0.29, 0.717) is 35.9 Å². The van der Waals surface area contributed by atoms with E-state index in [1.54, 1.807) is 32.2 Å². The van der Waals surface area contributed by atoms with Crippen LogP contribution in [0.25, 0.3) is 0 Å².